The number of aromatic amines is 1. The molecule has 5 heteroatoms. The summed E-state index contributed by atoms with van der Waals surface area (Å²) in [6.07, 6.45) is 1.72. The quantitative estimate of drug-likeness (QED) is 0.215. The van der Waals surface area contributed by atoms with Crippen LogP contribution >= 0.6 is 0 Å². The summed E-state index contributed by atoms with van der Waals surface area (Å²) < 4.78 is 5.64. The summed E-state index contributed by atoms with van der Waals surface area (Å²) in [6, 6.07) is 25.2. The highest BCUT2D eigenvalue weighted by atomic mass is 16.5. The van der Waals surface area contributed by atoms with E-state index in [9.17, 15) is 4.79 Å². The molecule has 0 fully saturated rings. The van der Waals surface area contributed by atoms with Crippen LogP contribution in [0.2, 0.25) is 0 Å². The number of hydrogen-bond donors (Lipinski definition) is 3. The van der Waals surface area contributed by atoms with Gasteiger partial charge in [-0.15, -0.1) is 0 Å². The summed E-state index contributed by atoms with van der Waals surface area (Å²) in [6.45, 7) is 5.66. The van der Waals surface area contributed by atoms with E-state index in [4.69, 9.17) is 9.84 Å². The number of H-pyrrole nitrogens is 1. The number of carbonyl (C=O) groups is 1. The van der Waals surface area contributed by atoms with Crippen molar-refractivity contribution in [3.05, 3.63) is 83.9 Å². The first-order chi connectivity index (χ1) is 16.5. The van der Waals surface area contributed by atoms with Crippen LogP contribution in [0, 0.1) is 5.92 Å². The monoisotopic (exact) mass is 456 g/mol. The van der Waals surface area contributed by atoms with Crippen LogP contribution in [0.4, 0.5) is 5.69 Å². The SMILES string of the molecule is CC(C)Cc1ccc(CNc2cccc3[nH]c(-c4ccc(OCCCC(=O)O)cc4)cc23)cc1. The van der Waals surface area contributed by atoms with Gasteiger partial charge in [0.2, 0.25) is 0 Å². The first-order valence-corrected chi connectivity index (χ1v) is 11.9. The van der Waals surface area contributed by atoms with Gasteiger partial charge < -0.3 is 20.1 Å². The highest BCUT2D eigenvalue weighted by molar-refractivity contribution is 5.95. The molecule has 0 bridgehead atoms. The van der Waals surface area contributed by atoms with Crippen LogP contribution in [0.25, 0.3) is 22.2 Å². The Morgan fingerprint density at radius 3 is 2.44 bits per heavy atom. The van der Waals surface area contributed by atoms with Crippen LogP contribution in [0.3, 0.4) is 0 Å². The third-order valence-corrected chi connectivity index (χ3v) is 5.78. The minimum atomic E-state index is -0.800. The molecule has 0 atom stereocenters. The van der Waals surface area contributed by atoms with Gasteiger partial charge in [-0.3, -0.25) is 4.79 Å². The van der Waals surface area contributed by atoms with Crippen LogP contribution in [0.1, 0.15) is 37.8 Å². The van der Waals surface area contributed by atoms with Gasteiger partial charge in [0.15, 0.2) is 0 Å². The van der Waals surface area contributed by atoms with Gasteiger partial charge in [0, 0.05) is 35.2 Å². The number of rotatable bonds is 11. The zero-order chi connectivity index (χ0) is 23.9. The van der Waals surface area contributed by atoms with Crippen molar-refractivity contribution in [3.8, 4) is 17.0 Å². The predicted octanol–water partition coefficient (Wildman–Crippen LogP) is 6.89. The minimum Gasteiger partial charge on any atom is -0.494 e. The summed E-state index contributed by atoms with van der Waals surface area (Å²) in [7, 11) is 0. The first kappa shape index (κ1) is 23.4. The molecule has 0 radical (unpaired) electrons. The number of carboxylic acid groups (broad SMARTS) is 1. The Hall–Kier alpha value is -3.73. The number of nitrogens with one attached hydrogen (secondary N) is 2. The second kappa shape index (κ2) is 10.9. The van der Waals surface area contributed by atoms with Crippen LogP contribution in [-0.2, 0) is 17.8 Å². The van der Waals surface area contributed by atoms with Crippen molar-refractivity contribution in [1.82, 2.24) is 4.98 Å². The van der Waals surface area contributed by atoms with E-state index in [0.717, 1.165) is 46.6 Å². The minimum absolute atomic E-state index is 0.118. The molecule has 3 aromatic carbocycles. The molecule has 1 heterocycles. The molecule has 0 aliphatic heterocycles. The van der Waals surface area contributed by atoms with Crippen molar-refractivity contribution in [2.75, 3.05) is 11.9 Å². The molecule has 5 nitrogen and oxygen atoms in total. The number of aromatic nitrogens is 1. The van der Waals surface area contributed by atoms with Crippen molar-refractivity contribution in [2.45, 2.75) is 39.7 Å². The van der Waals surface area contributed by atoms with Crippen LogP contribution < -0.4 is 10.1 Å². The molecule has 1 aromatic heterocycles. The summed E-state index contributed by atoms with van der Waals surface area (Å²) in [5, 5.41) is 13.5. The lowest BCUT2D eigenvalue weighted by molar-refractivity contribution is -0.137. The van der Waals surface area contributed by atoms with Crippen molar-refractivity contribution in [2.24, 2.45) is 5.92 Å². The average Bonchev–Trinajstić information content (AvgIpc) is 3.26. The normalized spacial score (nSPS) is 11.1. The highest BCUT2D eigenvalue weighted by Crippen LogP contribution is 2.30. The molecular formula is C29H32N2O3. The molecule has 3 N–H and O–H groups in total. The van der Waals surface area contributed by atoms with Gasteiger partial charge in [0.05, 0.1) is 6.61 Å². The molecule has 0 unspecified atom stereocenters. The lowest BCUT2D eigenvalue weighted by Gasteiger charge is -2.09. The Morgan fingerprint density at radius 1 is 1.00 bits per heavy atom. The van der Waals surface area contributed by atoms with Crippen molar-refractivity contribution >= 4 is 22.6 Å². The summed E-state index contributed by atoms with van der Waals surface area (Å²) >= 11 is 0. The van der Waals surface area contributed by atoms with Gasteiger partial charge >= 0.3 is 5.97 Å². The molecule has 0 saturated carbocycles. The molecule has 4 rings (SSSR count). The number of anilines is 1. The lowest BCUT2D eigenvalue weighted by Crippen LogP contribution is -2.01. The number of aliphatic carboxylic acids is 1. The Morgan fingerprint density at radius 2 is 1.74 bits per heavy atom. The fourth-order valence-corrected chi connectivity index (χ4v) is 4.07. The van der Waals surface area contributed by atoms with Gasteiger partial charge in [-0.1, -0.05) is 44.2 Å². The zero-order valence-electron chi connectivity index (χ0n) is 19.8. The van der Waals surface area contributed by atoms with Crippen molar-refractivity contribution in [1.29, 1.82) is 0 Å². The number of fused-ring (bicyclic) bond motifs is 1. The maximum Gasteiger partial charge on any atom is 0.303 e. The fourth-order valence-electron chi connectivity index (χ4n) is 4.07. The Bertz CT molecular complexity index is 1220. The molecule has 4 aromatic rings. The van der Waals surface area contributed by atoms with Gasteiger partial charge in [0.1, 0.15) is 5.75 Å². The molecule has 176 valence electrons. The summed E-state index contributed by atoms with van der Waals surface area (Å²) in [5.41, 5.74) is 6.94. The lowest BCUT2D eigenvalue weighted by atomic mass is 10.0. The molecule has 0 spiro atoms. The summed E-state index contributed by atoms with van der Waals surface area (Å²) in [5.74, 6) is 0.607. The first-order valence-electron chi connectivity index (χ1n) is 11.9. The summed E-state index contributed by atoms with van der Waals surface area (Å²) in [4.78, 5) is 14.1. The van der Waals surface area contributed by atoms with E-state index in [0.29, 0.717) is 18.9 Å². The van der Waals surface area contributed by atoms with Crippen LogP contribution in [0.5, 0.6) is 5.75 Å². The third-order valence-electron chi connectivity index (χ3n) is 5.78. The van der Waals surface area contributed by atoms with E-state index in [1.807, 2.05) is 24.3 Å². The molecule has 0 amide bonds. The van der Waals surface area contributed by atoms with Gasteiger partial charge in [-0.25, -0.2) is 0 Å². The molecule has 0 saturated heterocycles. The van der Waals surface area contributed by atoms with Crippen LogP contribution in [-0.4, -0.2) is 22.7 Å². The van der Waals surface area contributed by atoms with Crippen molar-refractivity contribution in [3.63, 3.8) is 0 Å². The topological polar surface area (TPSA) is 74.3 Å². The number of hydrogen-bond acceptors (Lipinski definition) is 3. The van der Waals surface area contributed by atoms with E-state index in [1.54, 1.807) is 0 Å². The fraction of sp³-hybridized carbons (Fsp3) is 0.276. The van der Waals surface area contributed by atoms with Crippen molar-refractivity contribution < 1.29 is 14.6 Å². The Kier molecular flexibility index (Phi) is 7.53. The number of benzene rings is 3. The molecule has 0 aliphatic rings. The van der Waals surface area contributed by atoms with Gasteiger partial charge in [0.25, 0.3) is 0 Å². The maximum absolute atomic E-state index is 10.6. The van der Waals surface area contributed by atoms with E-state index in [-0.39, 0.29) is 6.42 Å². The van der Waals surface area contributed by atoms with Crippen LogP contribution in [0.15, 0.2) is 72.8 Å². The Balaban J connectivity index is 1.42. The molecule has 0 aliphatic carbocycles. The van der Waals surface area contributed by atoms with E-state index in [1.165, 1.54) is 11.1 Å². The second-order valence-electron chi connectivity index (χ2n) is 9.09. The number of ether oxygens (including phenoxy) is 1. The van der Waals surface area contributed by atoms with Gasteiger partial charge in [-0.05, 0) is 77.9 Å². The maximum atomic E-state index is 10.6. The third kappa shape index (κ3) is 6.19. The van der Waals surface area contributed by atoms with E-state index in [2.05, 4.69) is 72.7 Å². The van der Waals surface area contributed by atoms with E-state index >= 15 is 0 Å². The standard InChI is InChI=1S/C29H32N2O3/c1-20(2)17-21-8-10-22(11-9-21)19-30-26-5-3-6-27-25(26)18-28(31-27)23-12-14-24(15-13-23)34-16-4-7-29(32)33/h3,5-6,8-15,18,20,30-31H,4,7,16-17,19H2,1-2H3,(H,32,33). The highest BCUT2D eigenvalue weighted by Gasteiger charge is 2.08. The molecular weight excluding hydrogens is 424 g/mol. The largest absolute Gasteiger partial charge is 0.494 e. The van der Waals surface area contributed by atoms with E-state index < -0.39 is 5.97 Å². The smallest absolute Gasteiger partial charge is 0.303 e. The Labute approximate surface area is 200 Å². The van der Waals surface area contributed by atoms with Gasteiger partial charge in [-0.2, -0.15) is 0 Å². The zero-order valence-corrected chi connectivity index (χ0v) is 19.8. The average molecular weight is 457 g/mol. The number of carboxylic acids is 1. The second-order valence-corrected chi connectivity index (χ2v) is 9.09. The molecule has 34 heavy (non-hydrogen) atoms. The predicted molar refractivity (Wildman–Crippen MR) is 138 cm³/mol.